The predicted molar refractivity (Wildman–Crippen MR) is 90.3 cm³/mol. The normalized spacial score (nSPS) is 16.2. The predicted octanol–water partition coefficient (Wildman–Crippen LogP) is 0.856. The Morgan fingerprint density at radius 2 is 1.96 bits per heavy atom. The summed E-state index contributed by atoms with van der Waals surface area (Å²) in [5.41, 5.74) is -0.311. The average Bonchev–Trinajstić information content (AvgIpc) is 3.17. The number of benzene rings is 1. The minimum Gasteiger partial charge on any atom is -0.345 e. The monoisotopic (exact) mass is 345 g/mol. The number of hydrogen-bond acceptors (Lipinski definition) is 4. The van der Waals surface area contributed by atoms with Gasteiger partial charge in [-0.3, -0.25) is 14.3 Å². The molecule has 1 aliphatic rings. The molecule has 132 valence electrons. The van der Waals surface area contributed by atoms with Gasteiger partial charge in [0, 0.05) is 18.1 Å². The number of amides is 2. The molecule has 2 aromatic rings. The van der Waals surface area contributed by atoms with E-state index in [1.807, 2.05) is 0 Å². The minimum atomic E-state index is -0.787. The van der Waals surface area contributed by atoms with Gasteiger partial charge in [0.05, 0.1) is 6.54 Å². The molecule has 0 radical (unpaired) electrons. The summed E-state index contributed by atoms with van der Waals surface area (Å²) in [7, 11) is 0. The van der Waals surface area contributed by atoms with Crippen molar-refractivity contribution in [1.29, 1.82) is 0 Å². The second-order valence-electron chi connectivity index (χ2n) is 5.97. The highest BCUT2D eigenvalue weighted by Gasteiger charge is 2.41. The topological polar surface area (TPSA) is 88.0 Å². The summed E-state index contributed by atoms with van der Waals surface area (Å²) in [5, 5.41) is 12.8. The van der Waals surface area contributed by atoms with Gasteiger partial charge in [-0.2, -0.15) is 5.10 Å². The van der Waals surface area contributed by atoms with E-state index in [4.69, 9.17) is 0 Å². The van der Waals surface area contributed by atoms with Crippen LogP contribution in [0, 0.1) is 5.82 Å². The molecule has 1 aromatic heterocycles. The molecular weight excluding hydrogens is 325 g/mol. The van der Waals surface area contributed by atoms with Crippen LogP contribution < -0.4 is 16.0 Å². The maximum atomic E-state index is 12.9. The summed E-state index contributed by atoms with van der Waals surface area (Å²) in [5.74, 6) is -0.977. The first-order valence-electron chi connectivity index (χ1n) is 8.15. The summed E-state index contributed by atoms with van der Waals surface area (Å²) < 4.78 is 14.5. The van der Waals surface area contributed by atoms with Gasteiger partial charge in [0.2, 0.25) is 11.8 Å². The molecule has 25 heavy (non-hydrogen) atoms. The Morgan fingerprint density at radius 1 is 1.24 bits per heavy atom. The van der Waals surface area contributed by atoms with Crippen molar-refractivity contribution in [2.75, 3.05) is 25.0 Å². The Labute approximate surface area is 144 Å². The molecule has 3 N–H and O–H groups in total. The van der Waals surface area contributed by atoms with E-state index in [1.54, 1.807) is 23.1 Å². The summed E-state index contributed by atoms with van der Waals surface area (Å²) in [4.78, 5) is 24.8. The molecule has 0 spiro atoms. The number of nitrogens with one attached hydrogen (secondary N) is 3. The van der Waals surface area contributed by atoms with E-state index in [2.05, 4.69) is 21.0 Å². The standard InChI is InChI=1S/C17H20FN5O2/c18-13-2-4-14(5-3-13)22-15(24)12-20-16(25)17(6-9-19-10-7-17)23-11-1-8-21-23/h1-5,8,11,19H,6-7,9-10,12H2,(H,20,25)(H,22,24). The maximum Gasteiger partial charge on any atom is 0.248 e. The molecule has 1 fully saturated rings. The second kappa shape index (κ2) is 7.43. The highest BCUT2D eigenvalue weighted by atomic mass is 19.1. The third-order valence-electron chi connectivity index (χ3n) is 4.33. The van der Waals surface area contributed by atoms with Gasteiger partial charge in [0.1, 0.15) is 11.4 Å². The molecule has 0 atom stereocenters. The second-order valence-corrected chi connectivity index (χ2v) is 5.97. The fourth-order valence-electron chi connectivity index (χ4n) is 2.99. The lowest BCUT2D eigenvalue weighted by Crippen LogP contribution is -2.55. The number of carbonyl (C=O) groups excluding carboxylic acids is 2. The van der Waals surface area contributed by atoms with Crippen LogP contribution in [-0.2, 0) is 15.1 Å². The number of halogens is 1. The Bertz CT molecular complexity index is 724. The van der Waals surface area contributed by atoms with E-state index in [0.717, 1.165) is 0 Å². The van der Waals surface area contributed by atoms with Crippen molar-refractivity contribution in [3.8, 4) is 0 Å². The number of piperidine rings is 1. The average molecular weight is 345 g/mol. The van der Waals surface area contributed by atoms with E-state index in [9.17, 15) is 14.0 Å². The van der Waals surface area contributed by atoms with Gasteiger partial charge in [0.15, 0.2) is 0 Å². The van der Waals surface area contributed by atoms with Crippen LogP contribution in [0.25, 0.3) is 0 Å². The molecule has 1 aliphatic heterocycles. The van der Waals surface area contributed by atoms with Crippen LogP contribution in [0.4, 0.5) is 10.1 Å². The van der Waals surface area contributed by atoms with Gasteiger partial charge < -0.3 is 16.0 Å². The zero-order valence-electron chi connectivity index (χ0n) is 13.7. The van der Waals surface area contributed by atoms with Gasteiger partial charge in [-0.05, 0) is 56.3 Å². The molecule has 0 aliphatic carbocycles. The van der Waals surface area contributed by atoms with Crippen molar-refractivity contribution in [1.82, 2.24) is 20.4 Å². The van der Waals surface area contributed by atoms with Crippen molar-refractivity contribution in [3.05, 3.63) is 48.5 Å². The Hall–Kier alpha value is -2.74. The lowest BCUT2D eigenvalue weighted by molar-refractivity contribution is -0.133. The molecule has 2 heterocycles. The molecule has 0 unspecified atom stereocenters. The molecule has 0 saturated carbocycles. The minimum absolute atomic E-state index is 0.160. The fourth-order valence-corrected chi connectivity index (χ4v) is 2.99. The number of anilines is 1. The van der Waals surface area contributed by atoms with Crippen molar-refractivity contribution in [2.24, 2.45) is 0 Å². The lowest BCUT2D eigenvalue weighted by Gasteiger charge is -2.36. The summed E-state index contributed by atoms with van der Waals surface area (Å²) in [6, 6.07) is 7.23. The molecule has 3 rings (SSSR count). The molecule has 0 bridgehead atoms. The summed E-state index contributed by atoms with van der Waals surface area (Å²) in [6.45, 7) is 1.25. The van der Waals surface area contributed by atoms with Crippen molar-refractivity contribution < 1.29 is 14.0 Å². The first-order valence-corrected chi connectivity index (χ1v) is 8.15. The van der Waals surface area contributed by atoms with E-state index >= 15 is 0 Å². The number of nitrogens with zero attached hydrogens (tertiary/aromatic N) is 2. The van der Waals surface area contributed by atoms with E-state index in [-0.39, 0.29) is 24.2 Å². The van der Waals surface area contributed by atoms with Gasteiger partial charge in [-0.1, -0.05) is 0 Å². The van der Waals surface area contributed by atoms with Crippen LogP contribution in [0.5, 0.6) is 0 Å². The Morgan fingerprint density at radius 3 is 2.60 bits per heavy atom. The molecule has 1 saturated heterocycles. The third kappa shape index (κ3) is 3.85. The van der Waals surface area contributed by atoms with Crippen LogP contribution >= 0.6 is 0 Å². The maximum absolute atomic E-state index is 12.9. The van der Waals surface area contributed by atoms with Gasteiger partial charge >= 0.3 is 0 Å². The van der Waals surface area contributed by atoms with Crippen LogP contribution in [0.2, 0.25) is 0 Å². The van der Waals surface area contributed by atoms with Gasteiger partial charge in [-0.15, -0.1) is 0 Å². The Balaban J connectivity index is 1.62. The van der Waals surface area contributed by atoms with E-state index in [0.29, 0.717) is 31.6 Å². The van der Waals surface area contributed by atoms with Gasteiger partial charge in [-0.25, -0.2) is 4.39 Å². The smallest absolute Gasteiger partial charge is 0.248 e. The molecule has 7 nitrogen and oxygen atoms in total. The fraction of sp³-hybridized carbons (Fsp3) is 0.353. The van der Waals surface area contributed by atoms with Crippen LogP contribution in [0.3, 0.4) is 0 Å². The highest BCUT2D eigenvalue weighted by Crippen LogP contribution is 2.27. The van der Waals surface area contributed by atoms with Crippen molar-refractivity contribution in [2.45, 2.75) is 18.4 Å². The number of aromatic nitrogens is 2. The lowest BCUT2D eigenvalue weighted by atomic mass is 9.87. The quantitative estimate of drug-likeness (QED) is 0.750. The number of rotatable bonds is 5. The number of carbonyl (C=O) groups is 2. The van der Waals surface area contributed by atoms with Gasteiger partial charge in [0.25, 0.3) is 0 Å². The van der Waals surface area contributed by atoms with Crippen LogP contribution in [-0.4, -0.2) is 41.2 Å². The molecule has 2 amide bonds. The molecule has 8 heteroatoms. The van der Waals surface area contributed by atoms with Crippen LogP contribution in [0.1, 0.15) is 12.8 Å². The van der Waals surface area contributed by atoms with E-state index in [1.165, 1.54) is 24.3 Å². The zero-order chi connectivity index (χ0) is 17.7. The largest absolute Gasteiger partial charge is 0.345 e. The summed E-state index contributed by atoms with van der Waals surface area (Å²) >= 11 is 0. The van der Waals surface area contributed by atoms with Crippen molar-refractivity contribution in [3.63, 3.8) is 0 Å². The summed E-state index contributed by atoms with van der Waals surface area (Å²) in [6.07, 6.45) is 4.60. The zero-order valence-corrected chi connectivity index (χ0v) is 13.7. The SMILES string of the molecule is O=C(CNC(=O)C1(n2cccn2)CCNCC1)Nc1ccc(F)cc1. The highest BCUT2D eigenvalue weighted by molar-refractivity contribution is 5.95. The van der Waals surface area contributed by atoms with Crippen LogP contribution in [0.15, 0.2) is 42.7 Å². The number of hydrogen-bond donors (Lipinski definition) is 3. The van der Waals surface area contributed by atoms with Crippen molar-refractivity contribution >= 4 is 17.5 Å². The molecular formula is C17H20FN5O2. The Kier molecular flexibility index (Phi) is 5.08. The molecule has 1 aromatic carbocycles. The third-order valence-corrected chi connectivity index (χ3v) is 4.33. The first kappa shape index (κ1) is 17.1. The van der Waals surface area contributed by atoms with E-state index < -0.39 is 5.54 Å². The first-order chi connectivity index (χ1) is 12.1.